The van der Waals surface area contributed by atoms with Crippen LogP contribution in [0.15, 0.2) is 27.3 Å². The molecule has 1 N–H and O–H groups in total. The molecule has 0 spiro atoms. The molecule has 0 saturated heterocycles. The number of hydrogen-bond donors (Lipinski definition) is 1. The Morgan fingerprint density at radius 2 is 2.04 bits per heavy atom. The van der Waals surface area contributed by atoms with E-state index in [1.807, 2.05) is 0 Å². The molecule has 2 heterocycles. The molecule has 0 saturated carbocycles. The van der Waals surface area contributed by atoms with E-state index in [1.54, 1.807) is 13.0 Å². The predicted molar refractivity (Wildman–Crippen MR) is 86.7 cm³/mol. The molecule has 1 aromatic heterocycles. The second-order valence-corrected chi connectivity index (χ2v) is 8.83. The number of fused-ring (bicyclic) bond motifs is 1. The Kier molecular flexibility index (Phi) is 4.08. The minimum Gasteiger partial charge on any atom is -0.478 e. The summed E-state index contributed by atoms with van der Waals surface area (Å²) in [6.45, 7) is 1.80. The quantitative estimate of drug-likeness (QED) is 0.862. The third kappa shape index (κ3) is 2.71. The number of halogens is 2. The van der Waals surface area contributed by atoms with Crippen molar-refractivity contribution < 1.29 is 23.1 Å². The lowest BCUT2D eigenvalue weighted by Gasteiger charge is -2.10. The van der Waals surface area contributed by atoms with E-state index in [1.165, 1.54) is 22.8 Å². The first-order valence-electron chi connectivity index (χ1n) is 6.42. The SMILES string of the molecule is Cc1cc(S(=O)(=O)c2cc3c(c(Cl)c2Cl)OC(C(=O)O)C3)cs1. The number of aryl methyl sites for hydroxylation is 1. The van der Waals surface area contributed by atoms with Crippen LogP contribution in [-0.2, 0) is 21.1 Å². The number of benzene rings is 1. The Morgan fingerprint density at radius 3 is 2.61 bits per heavy atom. The fourth-order valence-corrected chi connectivity index (χ4v) is 5.60. The summed E-state index contributed by atoms with van der Waals surface area (Å²) >= 11 is 13.5. The molecule has 0 radical (unpaired) electrons. The monoisotopic (exact) mass is 392 g/mol. The Hall–Kier alpha value is -1.28. The van der Waals surface area contributed by atoms with E-state index >= 15 is 0 Å². The zero-order chi connectivity index (χ0) is 16.9. The zero-order valence-corrected chi connectivity index (χ0v) is 14.8. The van der Waals surface area contributed by atoms with E-state index in [2.05, 4.69) is 0 Å². The topological polar surface area (TPSA) is 80.7 Å². The lowest BCUT2D eigenvalue weighted by Crippen LogP contribution is -2.24. The molecule has 5 nitrogen and oxygen atoms in total. The van der Waals surface area contributed by atoms with Gasteiger partial charge in [0, 0.05) is 22.2 Å². The Morgan fingerprint density at radius 1 is 1.35 bits per heavy atom. The Labute approximate surface area is 146 Å². The number of carboxylic acids is 1. The van der Waals surface area contributed by atoms with E-state index in [0.29, 0.717) is 5.56 Å². The Balaban J connectivity index is 2.15. The van der Waals surface area contributed by atoms with Gasteiger partial charge in [0.15, 0.2) is 6.10 Å². The van der Waals surface area contributed by atoms with E-state index in [0.717, 1.165) is 4.88 Å². The third-order valence-corrected chi connectivity index (χ3v) is 7.18. The number of carboxylic acid groups (broad SMARTS) is 1. The van der Waals surface area contributed by atoms with Crippen molar-refractivity contribution in [2.45, 2.75) is 29.2 Å². The number of sulfone groups is 1. The van der Waals surface area contributed by atoms with Gasteiger partial charge < -0.3 is 9.84 Å². The molecule has 1 unspecified atom stereocenters. The first-order valence-corrected chi connectivity index (χ1v) is 9.54. The highest BCUT2D eigenvalue weighted by Gasteiger charge is 2.35. The van der Waals surface area contributed by atoms with Gasteiger partial charge in [0.2, 0.25) is 9.84 Å². The van der Waals surface area contributed by atoms with Crippen LogP contribution >= 0.6 is 34.5 Å². The summed E-state index contributed by atoms with van der Waals surface area (Å²) in [6, 6.07) is 2.89. The number of aliphatic carboxylic acids is 1. The van der Waals surface area contributed by atoms with Gasteiger partial charge in [0.1, 0.15) is 10.8 Å². The molecule has 1 atom stereocenters. The molecule has 0 aliphatic carbocycles. The van der Waals surface area contributed by atoms with Crippen LogP contribution in [0.2, 0.25) is 10.0 Å². The maximum Gasteiger partial charge on any atom is 0.345 e. The van der Waals surface area contributed by atoms with Crippen molar-refractivity contribution in [1.29, 1.82) is 0 Å². The number of hydrogen-bond acceptors (Lipinski definition) is 5. The van der Waals surface area contributed by atoms with Gasteiger partial charge in [-0.15, -0.1) is 11.3 Å². The average Bonchev–Trinajstić information content (AvgIpc) is 3.09. The zero-order valence-electron chi connectivity index (χ0n) is 11.7. The van der Waals surface area contributed by atoms with Gasteiger partial charge in [-0.3, -0.25) is 0 Å². The van der Waals surface area contributed by atoms with Crippen LogP contribution in [0.25, 0.3) is 0 Å². The molecule has 0 amide bonds. The second-order valence-electron chi connectivity index (χ2n) is 5.04. The van der Waals surface area contributed by atoms with Crippen molar-refractivity contribution in [2.24, 2.45) is 0 Å². The molecule has 3 rings (SSSR count). The summed E-state index contributed by atoms with van der Waals surface area (Å²) in [5.74, 6) is -1.02. The van der Waals surface area contributed by atoms with Crippen molar-refractivity contribution in [3.05, 3.63) is 38.0 Å². The first-order chi connectivity index (χ1) is 10.7. The van der Waals surface area contributed by atoms with E-state index in [4.69, 9.17) is 33.0 Å². The molecule has 1 aromatic carbocycles. The van der Waals surface area contributed by atoms with Gasteiger partial charge in [-0.2, -0.15) is 0 Å². The molecule has 23 heavy (non-hydrogen) atoms. The summed E-state index contributed by atoms with van der Waals surface area (Å²) in [4.78, 5) is 11.9. The molecule has 1 aliphatic rings. The number of rotatable bonds is 3. The minimum absolute atomic E-state index is 0.0345. The van der Waals surface area contributed by atoms with Crippen LogP contribution in [0, 0.1) is 6.92 Å². The lowest BCUT2D eigenvalue weighted by molar-refractivity contribution is -0.144. The van der Waals surface area contributed by atoms with Crippen molar-refractivity contribution >= 4 is 50.3 Å². The van der Waals surface area contributed by atoms with Gasteiger partial charge >= 0.3 is 5.97 Å². The fraction of sp³-hybridized carbons (Fsp3) is 0.214. The van der Waals surface area contributed by atoms with Crippen LogP contribution in [0.1, 0.15) is 10.4 Å². The molecule has 122 valence electrons. The van der Waals surface area contributed by atoms with E-state index in [-0.39, 0.29) is 32.0 Å². The van der Waals surface area contributed by atoms with Crippen LogP contribution in [0.5, 0.6) is 5.75 Å². The molecule has 2 aromatic rings. The summed E-state index contributed by atoms with van der Waals surface area (Å²) in [5.41, 5.74) is 0.414. The van der Waals surface area contributed by atoms with Gasteiger partial charge in [-0.05, 0) is 19.1 Å². The lowest BCUT2D eigenvalue weighted by atomic mass is 10.1. The Bertz CT molecular complexity index is 917. The number of ether oxygens (including phenoxy) is 1. The van der Waals surface area contributed by atoms with E-state index in [9.17, 15) is 13.2 Å². The van der Waals surface area contributed by atoms with E-state index < -0.39 is 21.9 Å². The minimum atomic E-state index is -3.84. The maximum absolute atomic E-state index is 12.7. The summed E-state index contributed by atoms with van der Waals surface area (Å²) in [5, 5.41) is 10.3. The summed E-state index contributed by atoms with van der Waals surface area (Å²) < 4.78 is 30.7. The number of carbonyl (C=O) groups is 1. The fourth-order valence-electron chi connectivity index (χ4n) is 2.32. The largest absolute Gasteiger partial charge is 0.478 e. The van der Waals surface area contributed by atoms with Crippen molar-refractivity contribution in [3.8, 4) is 5.75 Å². The molecular formula is C14H10Cl2O5S2. The number of thiophene rings is 1. The average molecular weight is 393 g/mol. The van der Waals surface area contributed by atoms with Crippen molar-refractivity contribution in [3.63, 3.8) is 0 Å². The van der Waals surface area contributed by atoms with Crippen LogP contribution in [0.4, 0.5) is 0 Å². The van der Waals surface area contributed by atoms with Gasteiger partial charge in [-0.1, -0.05) is 23.2 Å². The highest BCUT2D eigenvalue weighted by Crippen LogP contribution is 2.45. The normalized spacial score (nSPS) is 16.9. The summed E-state index contributed by atoms with van der Waals surface area (Å²) in [7, 11) is -3.84. The third-order valence-electron chi connectivity index (χ3n) is 3.45. The molecular weight excluding hydrogens is 383 g/mol. The molecule has 0 fully saturated rings. The maximum atomic E-state index is 12.7. The predicted octanol–water partition coefficient (Wildman–Crippen LogP) is 3.58. The highest BCUT2D eigenvalue weighted by atomic mass is 35.5. The van der Waals surface area contributed by atoms with Crippen molar-refractivity contribution in [2.75, 3.05) is 0 Å². The smallest absolute Gasteiger partial charge is 0.345 e. The highest BCUT2D eigenvalue weighted by molar-refractivity contribution is 7.91. The first kappa shape index (κ1) is 16.6. The standard InChI is InChI=1S/C14H10Cl2O5S2/c1-6-2-8(5-22-6)23(19,20)10-4-7-3-9(14(17)18)21-13(7)12(16)11(10)15/h2,4-5,9H,3H2,1H3,(H,17,18). The molecule has 0 bridgehead atoms. The molecule has 1 aliphatic heterocycles. The molecule has 9 heteroatoms. The van der Waals surface area contributed by atoms with Crippen LogP contribution in [-0.4, -0.2) is 25.6 Å². The van der Waals surface area contributed by atoms with Gasteiger partial charge in [0.05, 0.1) is 14.8 Å². The van der Waals surface area contributed by atoms with Gasteiger partial charge in [-0.25, -0.2) is 13.2 Å². The van der Waals surface area contributed by atoms with Crippen LogP contribution < -0.4 is 4.74 Å². The summed E-state index contributed by atoms with van der Waals surface area (Å²) in [6.07, 6.45) is -1.06. The van der Waals surface area contributed by atoms with Crippen molar-refractivity contribution in [1.82, 2.24) is 0 Å². The van der Waals surface area contributed by atoms with Crippen LogP contribution in [0.3, 0.4) is 0 Å². The second kappa shape index (κ2) is 5.66. The van der Waals surface area contributed by atoms with Gasteiger partial charge in [0.25, 0.3) is 0 Å².